The minimum absolute atomic E-state index is 0.298. The minimum Gasteiger partial charge on any atom is -0.480 e. The van der Waals surface area contributed by atoms with Gasteiger partial charge in [0, 0.05) is 3.57 Å². The number of halogens is 1. The van der Waals surface area contributed by atoms with E-state index in [4.69, 9.17) is 5.11 Å². The molecule has 4 nitrogen and oxygen atoms in total. The number of carboxylic acid groups (broad SMARTS) is 1. The molecule has 1 rings (SSSR count). The lowest BCUT2D eigenvalue weighted by Gasteiger charge is -2.14. The summed E-state index contributed by atoms with van der Waals surface area (Å²) in [6, 6.07) is 4.47. The predicted octanol–water partition coefficient (Wildman–Crippen LogP) is 2.10. The lowest BCUT2D eigenvalue weighted by atomic mass is 10.1. The predicted molar refractivity (Wildman–Crippen MR) is 81.3 cm³/mol. The molecular formula is C12H14INO3S. The van der Waals surface area contributed by atoms with Crippen LogP contribution in [0, 0.1) is 10.5 Å². The largest absolute Gasteiger partial charge is 0.480 e. The molecule has 0 aliphatic carbocycles. The van der Waals surface area contributed by atoms with Crippen molar-refractivity contribution < 1.29 is 14.7 Å². The van der Waals surface area contributed by atoms with Gasteiger partial charge in [-0.25, -0.2) is 4.79 Å². The molecule has 98 valence electrons. The average molecular weight is 379 g/mol. The molecule has 0 fully saturated rings. The molecule has 0 spiro atoms. The van der Waals surface area contributed by atoms with Gasteiger partial charge < -0.3 is 10.4 Å². The summed E-state index contributed by atoms with van der Waals surface area (Å²) in [5.74, 6) is -1.00. The van der Waals surface area contributed by atoms with Gasteiger partial charge in [-0.2, -0.15) is 12.6 Å². The van der Waals surface area contributed by atoms with Crippen LogP contribution in [0.2, 0.25) is 0 Å². The van der Waals surface area contributed by atoms with Gasteiger partial charge in [-0.15, -0.1) is 0 Å². The second kappa shape index (κ2) is 6.98. The first-order chi connectivity index (χ1) is 8.47. The van der Waals surface area contributed by atoms with Crippen LogP contribution in [0.5, 0.6) is 0 Å². The fraction of sp³-hybridized carbons (Fsp3) is 0.333. The van der Waals surface area contributed by atoms with E-state index in [2.05, 4.69) is 40.5 Å². The molecule has 0 heterocycles. The van der Waals surface area contributed by atoms with Crippen molar-refractivity contribution in [3.63, 3.8) is 0 Å². The topological polar surface area (TPSA) is 66.4 Å². The molecule has 1 aromatic rings. The summed E-state index contributed by atoms with van der Waals surface area (Å²) in [4.78, 5) is 23.0. The number of carbonyl (C=O) groups excluding carboxylic acids is 1. The van der Waals surface area contributed by atoms with E-state index in [0.29, 0.717) is 17.7 Å². The number of benzene rings is 1. The van der Waals surface area contributed by atoms with Crippen molar-refractivity contribution in [2.24, 2.45) is 0 Å². The van der Waals surface area contributed by atoms with Crippen molar-refractivity contribution in [1.82, 2.24) is 5.32 Å². The molecule has 1 amide bonds. The summed E-state index contributed by atoms with van der Waals surface area (Å²) in [7, 11) is 0. The van der Waals surface area contributed by atoms with Crippen molar-refractivity contribution in [2.45, 2.75) is 19.4 Å². The van der Waals surface area contributed by atoms with Crippen LogP contribution < -0.4 is 5.32 Å². The molecule has 0 saturated heterocycles. The van der Waals surface area contributed by atoms with Crippen LogP contribution in [-0.4, -0.2) is 28.8 Å². The normalized spacial score (nSPS) is 11.9. The maximum atomic E-state index is 12.0. The van der Waals surface area contributed by atoms with Crippen LogP contribution in [0.25, 0.3) is 0 Å². The van der Waals surface area contributed by atoms with E-state index in [1.165, 1.54) is 0 Å². The maximum absolute atomic E-state index is 12.0. The molecule has 18 heavy (non-hydrogen) atoms. The maximum Gasteiger partial charge on any atom is 0.326 e. The van der Waals surface area contributed by atoms with Gasteiger partial charge in [0.2, 0.25) is 0 Å². The van der Waals surface area contributed by atoms with E-state index in [1.54, 1.807) is 12.1 Å². The molecule has 0 aromatic heterocycles. The number of amides is 1. The van der Waals surface area contributed by atoms with Crippen molar-refractivity contribution >= 4 is 47.1 Å². The number of carboxylic acids is 1. The monoisotopic (exact) mass is 379 g/mol. The van der Waals surface area contributed by atoms with E-state index >= 15 is 0 Å². The van der Waals surface area contributed by atoms with Gasteiger partial charge in [0.05, 0.1) is 5.56 Å². The fourth-order valence-electron chi connectivity index (χ4n) is 1.45. The summed E-state index contributed by atoms with van der Waals surface area (Å²) in [6.45, 7) is 1.90. The Kier molecular flexibility index (Phi) is 5.94. The zero-order valence-corrected chi connectivity index (χ0v) is 12.9. The molecular weight excluding hydrogens is 365 g/mol. The van der Waals surface area contributed by atoms with Crippen molar-refractivity contribution in [2.75, 3.05) is 5.75 Å². The van der Waals surface area contributed by atoms with Crippen LogP contribution in [0.3, 0.4) is 0 Å². The Bertz CT molecular complexity index is 465. The van der Waals surface area contributed by atoms with Gasteiger partial charge in [-0.05, 0) is 53.3 Å². The Morgan fingerprint density at radius 2 is 2.17 bits per heavy atom. The standard InChI is InChI=1S/C12H14INO3S/c1-7-3-2-4-8(10(7)13)11(15)14-9(5-6-18)12(16)17/h2-4,9,18H,5-6H2,1H3,(H,14,15)(H,16,17). The van der Waals surface area contributed by atoms with Gasteiger partial charge in [0.15, 0.2) is 0 Å². The molecule has 0 bridgehead atoms. The third-order valence-corrected chi connectivity index (χ3v) is 4.15. The molecule has 0 radical (unpaired) electrons. The second-order valence-electron chi connectivity index (χ2n) is 3.81. The molecule has 0 aliphatic rings. The highest BCUT2D eigenvalue weighted by Gasteiger charge is 2.21. The van der Waals surface area contributed by atoms with Crippen molar-refractivity contribution in [1.29, 1.82) is 0 Å². The van der Waals surface area contributed by atoms with Gasteiger partial charge in [0.1, 0.15) is 6.04 Å². The Morgan fingerprint density at radius 3 is 2.72 bits per heavy atom. The second-order valence-corrected chi connectivity index (χ2v) is 5.34. The van der Waals surface area contributed by atoms with Crippen LogP contribution in [0.15, 0.2) is 18.2 Å². The van der Waals surface area contributed by atoms with Crippen LogP contribution in [-0.2, 0) is 4.79 Å². The zero-order valence-electron chi connectivity index (χ0n) is 9.81. The molecule has 0 saturated carbocycles. The van der Waals surface area contributed by atoms with E-state index in [-0.39, 0.29) is 5.91 Å². The lowest BCUT2D eigenvalue weighted by molar-refractivity contribution is -0.139. The molecule has 1 unspecified atom stereocenters. The smallest absolute Gasteiger partial charge is 0.326 e. The Balaban J connectivity index is 2.87. The highest BCUT2D eigenvalue weighted by molar-refractivity contribution is 14.1. The highest BCUT2D eigenvalue weighted by atomic mass is 127. The quantitative estimate of drug-likeness (QED) is 0.542. The number of aryl methyl sites for hydroxylation is 1. The van der Waals surface area contributed by atoms with Gasteiger partial charge >= 0.3 is 5.97 Å². The molecule has 1 atom stereocenters. The third-order valence-electron chi connectivity index (χ3n) is 2.46. The van der Waals surface area contributed by atoms with Crippen LogP contribution >= 0.6 is 35.2 Å². The number of nitrogens with one attached hydrogen (secondary N) is 1. The van der Waals surface area contributed by atoms with E-state index < -0.39 is 12.0 Å². The lowest BCUT2D eigenvalue weighted by Crippen LogP contribution is -2.41. The van der Waals surface area contributed by atoms with Crippen LogP contribution in [0.4, 0.5) is 0 Å². The van der Waals surface area contributed by atoms with Gasteiger partial charge in [-0.1, -0.05) is 12.1 Å². The number of hydrogen-bond acceptors (Lipinski definition) is 3. The molecule has 0 aliphatic heterocycles. The van der Waals surface area contributed by atoms with Crippen molar-refractivity contribution in [3.05, 3.63) is 32.9 Å². The first kappa shape index (κ1) is 15.3. The SMILES string of the molecule is Cc1cccc(C(=O)NC(CCS)C(=O)O)c1I. The summed E-state index contributed by atoms with van der Waals surface area (Å²) in [5.41, 5.74) is 1.49. The number of hydrogen-bond donors (Lipinski definition) is 3. The summed E-state index contributed by atoms with van der Waals surface area (Å²) in [6.07, 6.45) is 0.298. The average Bonchev–Trinajstić information content (AvgIpc) is 2.31. The van der Waals surface area contributed by atoms with Gasteiger partial charge in [-0.3, -0.25) is 4.79 Å². The summed E-state index contributed by atoms with van der Waals surface area (Å²) in [5, 5.41) is 11.5. The Morgan fingerprint density at radius 1 is 1.50 bits per heavy atom. The fourth-order valence-corrected chi connectivity index (χ4v) is 2.31. The Hall–Kier alpha value is -0.760. The Labute approximate surface area is 125 Å². The van der Waals surface area contributed by atoms with E-state index in [0.717, 1.165) is 9.13 Å². The zero-order chi connectivity index (χ0) is 13.7. The van der Waals surface area contributed by atoms with Gasteiger partial charge in [0.25, 0.3) is 5.91 Å². The van der Waals surface area contributed by atoms with Crippen molar-refractivity contribution in [3.8, 4) is 0 Å². The number of rotatable bonds is 5. The third kappa shape index (κ3) is 3.88. The summed E-state index contributed by atoms with van der Waals surface area (Å²) >= 11 is 6.07. The van der Waals surface area contributed by atoms with E-state index in [1.807, 2.05) is 13.0 Å². The number of carbonyl (C=O) groups is 2. The number of thiol groups is 1. The molecule has 1 aromatic carbocycles. The first-order valence-corrected chi connectivity index (χ1v) is 7.08. The molecule has 6 heteroatoms. The molecule has 2 N–H and O–H groups in total. The summed E-state index contributed by atoms with van der Waals surface area (Å²) < 4.78 is 0.836. The highest BCUT2D eigenvalue weighted by Crippen LogP contribution is 2.16. The van der Waals surface area contributed by atoms with E-state index in [9.17, 15) is 9.59 Å². The number of aliphatic carboxylic acids is 1. The minimum atomic E-state index is -1.04. The first-order valence-electron chi connectivity index (χ1n) is 5.37. The van der Waals surface area contributed by atoms with Crippen LogP contribution in [0.1, 0.15) is 22.3 Å².